The van der Waals surface area contributed by atoms with Crippen LogP contribution in [0.5, 0.6) is 5.88 Å². The zero-order chi connectivity index (χ0) is 21.1. The van der Waals surface area contributed by atoms with Crippen molar-refractivity contribution in [1.29, 1.82) is 0 Å². The Morgan fingerprint density at radius 3 is 2.27 bits per heavy atom. The van der Waals surface area contributed by atoms with Gasteiger partial charge >= 0.3 is 184 Å². The Hall–Kier alpha value is -2.59. The van der Waals surface area contributed by atoms with Crippen LogP contribution in [-0.4, -0.2) is 68.1 Å². The van der Waals surface area contributed by atoms with Crippen LogP contribution in [0.1, 0.15) is 18.1 Å². The van der Waals surface area contributed by atoms with E-state index < -0.39 is 15.8 Å². The van der Waals surface area contributed by atoms with Crippen LogP contribution in [0.2, 0.25) is 0 Å². The normalized spacial score (nSPS) is 14.6. The minimum absolute atomic E-state index is 0.195. The molecule has 1 amide bonds. The molecule has 4 rings (SSSR count). The van der Waals surface area contributed by atoms with Crippen molar-refractivity contribution >= 4 is 41.6 Å². The topological polar surface area (TPSA) is 58.6 Å². The maximum atomic E-state index is 13.1. The molecule has 0 bridgehead atoms. The average Bonchev–Trinajstić information content (AvgIpc) is 2.73. The first-order chi connectivity index (χ1) is 14.5. The molecule has 0 radical (unpaired) electrons. The number of piperazine rings is 1. The number of nitrogens with zero attached hydrogens (tertiary/aromatic N) is 4. The number of carbonyl (C=O) groups excluding carboxylic acids is 1. The van der Waals surface area contributed by atoms with E-state index in [0.717, 1.165) is 41.7 Å². The number of amides is 1. The number of anilines is 1. The fraction of sp³-hybridized carbons (Fsp3) is 0.348. The monoisotopic (exact) mass is 466 g/mol. The zero-order valence-electron chi connectivity index (χ0n) is 17.7. The SMILES string of the molecule is CCOc1nc2ccccc2nc1[AsH]C(=O)N1CCN(c2cc(C)cc(C)c2)CC1. The molecular formula is C23H27AsN4O2. The van der Waals surface area contributed by atoms with E-state index in [1.54, 1.807) is 0 Å². The van der Waals surface area contributed by atoms with Gasteiger partial charge in [-0.05, 0) is 0 Å². The van der Waals surface area contributed by atoms with Crippen molar-refractivity contribution in [2.24, 2.45) is 0 Å². The number of ether oxygens (including phenoxy) is 1. The number of para-hydroxylation sites is 2. The van der Waals surface area contributed by atoms with Crippen molar-refractivity contribution in [3.05, 3.63) is 53.6 Å². The van der Waals surface area contributed by atoms with Crippen molar-refractivity contribution in [3.8, 4) is 5.88 Å². The second-order valence-corrected chi connectivity index (χ2v) is 9.96. The van der Waals surface area contributed by atoms with E-state index in [2.05, 4.69) is 41.9 Å². The molecule has 0 aliphatic carbocycles. The molecule has 30 heavy (non-hydrogen) atoms. The molecule has 0 saturated carbocycles. The van der Waals surface area contributed by atoms with Crippen LogP contribution in [0.4, 0.5) is 10.5 Å². The fourth-order valence-corrected chi connectivity index (χ4v) is 5.87. The van der Waals surface area contributed by atoms with Crippen LogP contribution in [-0.2, 0) is 0 Å². The van der Waals surface area contributed by atoms with E-state index in [1.807, 2.05) is 36.1 Å². The number of rotatable bonds is 5. The van der Waals surface area contributed by atoms with Crippen LogP contribution in [0.25, 0.3) is 11.0 Å². The second-order valence-electron chi connectivity index (χ2n) is 7.55. The number of benzene rings is 2. The van der Waals surface area contributed by atoms with Crippen LogP contribution >= 0.6 is 0 Å². The van der Waals surface area contributed by atoms with E-state index in [4.69, 9.17) is 9.72 Å². The summed E-state index contributed by atoms with van der Waals surface area (Å²) in [6, 6.07) is 14.4. The van der Waals surface area contributed by atoms with Gasteiger partial charge < -0.3 is 0 Å². The Balaban J connectivity index is 1.45. The number of carbonyl (C=O) groups is 1. The van der Waals surface area contributed by atoms with E-state index in [0.29, 0.717) is 12.5 Å². The first-order valence-electron chi connectivity index (χ1n) is 10.3. The van der Waals surface area contributed by atoms with Crippen LogP contribution in [0.15, 0.2) is 42.5 Å². The number of aryl methyl sites for hydroxylation is 2. The van der Waals surface area contributed by atoms with Crippen LogP contribution in [0, 0.1) is 13.8 Å². The third kappa shape index (κ3) is 4.59. The minimum atomic E-state index is -1.14. The summed E-state index contributed by atoms with van der Waals surface area (Å²) in [5, 5.41) is 0. The van der Waals surface area contributed by atoms with Crippen molar-refractivity contribution in [3.63, 3.8) is 0 Å². The fourth-order valence-electron chi connectivity index (χ4n) is 3.78. The molecule has 3 aromatic rings. The Bertz CT molecular complexity index is 1040. The molecule has 6 nitrogen and oxygen atoms in total. The van der Waals surface area contributed by atoms with E-state index >= 15 is 0 Å². The van der Waals surface area contributed by atoms with Gasteiger partial charge in [0.2, 0.25) is 0 Å². The Labute approximate surface area is 183 Å². The van der Waals surface area contributed by atoms with Gasteiger partial charge in [0.1, 0.15) is 0 Å². The first kappa shape index (κ1) is 20.7. The molecule has 1 aromatic heterocycles. The summed E-state index contributed by atoms with van der Waals surface area (Å²) >= 11 is -1.14. The predicted molar refractivity (Wildman–Crippen MR) is 123 cm³/mol. The van der Waals surface area contributed by atoms with Gasteiger partial charge in [-0.3, -0.25) is 0 Å². The summed E-state index contributed by atoms with van der Waals surface area (Å²) in [6.07, 6.45) is 0. The zero-order valence-corrected chi connectivity index (χ0v) is 19.8. The van der Waals surface area contributed by atoms with Gasteiger partial charge in [0, 0.05) is 0 Å². The summed E-state index contributed by atoms with van der Waals surface area (Å²) in [5.74, 6) is 0.512. The van der Waals surface area contributed by atoms with Gasteiger partial charge in [0.25, 0.3) is 0 Å². The van der Waals surface area contributed by atoms with Gasteiger partial charge in [0.15, 0.2) is 0 Å². The molecule has 2 heterocycles. The molecule has 1 aliphatic heterocycles. The number of hydrogen-bond donors (Lipinski definition) is 0. The Morgan fingerprint density at radius 1 is 1.00 bits per heavy atom. The molecule has 0 spiro atoms. The van der Waals surface area contributed by atoms with Crippen molar-refractivity contribution in [2.75, 3.05) is 37.7 Å². The predicted octanol–water partition coefficient (Wildman–Crippen LogP) is 2.65. The summed E-state index contributed by atoms with van der Waals surface area (Å²) < 4.78 is 6.64. The molecule has 1 saturated heterocycles. The summed E-state index contributed by atoms with van der Waals surface area (Å²) in [6.45, 7) is 9.86. The second kappa shape index (κ2) is 9.05. The Kier molecular flexibility index (Phi) is 6.23. The van der Waals surface area contributed by atoms with E-state index in [1.165, 1.54) is 16.8 Å². The van der Waals surface area contributed by atoms with Gasteiger partial charge in [0.05, 0.1) is 0 Å². The summed E-state index contributed by atoms with van der Waals surface area (Å²) in [5.41, 5.74) is 5.40. The molecule has 2 aromatic carbocycles. The number of hydrogen-bond acceptors (Lipinski definition) is 5. The third-order valence-corrected chi connectivity index (χ3v) is 7.48. The van der Waals surface area contributed by atoms with E-state index in [-0.39, 0.29) is 4.69 Å². The third-order valence-electron chi connectivity index (χ3n) is 5.18. The molecule has 7 heteroatoms. The molecule has 1 fully saturated rings. The average molecular weight is 466 g/mol. The summed E-state index contributed by atoms with van der Waals surface area (Å²) in [7, 11) is 0. The van der Waals surface area contributed by atoms with Crippen LogP contribution in [0.3, 0.4) is 0 Å². The molecule has 1 unspecified atom stereocenters. The summed E-state index contributed by atoms with van der Waals surface area (Å²) in [4.78, 5) is 26.7. The molecule has 1 aliphatic rings. The quantitative estimate of drug-likeness (QED) is 0.542. The number of aromatic nitrogens is 2. The molecule has 156 valence electrons. The van der Waals surface area contributed by atoms with Crippen molar-refractivity contribution in [1.82, 2.24) is 14.9 Å². The van der Waals surface area contributed by atoms with E-state index in [9.17, 15) is 4.79 Å². The van der Waals surface area contributed by atoms with Crippen molar-refractivity contribution in [2.45, 2.75) is 20.8 Å². The maximum absolute atomic E-state index is 13.1. The van der Waals surface area contributed by atoms with Gasteiger partial charge in [-0.25, -0.2) is 0 Å². The molecule has 1 atom stereocenters. The van der Waals surface area contributed by atoms with Gasteiger partial charge in [-0.15, -0.1) is 0 Å². The van der Waals surface area contributed by atoms with Gasteiger partial charge in [-0.2, -0.15) is 0 Å². The van der Waals surface area contributed by atoms with Crippen LogP contribution < -0.4 is 14.1 Å². The molecule has 0 N–H and O–H groups in total. The molecular weight excluding hydrogens is 439 g/mol. The van der Waals surface area contributed by atoms with Crippen molar-refractivity contribution < 1.29 is 9.53 Å². The Morgan fingerprint density at radius 2 is 1.63 bits per heavy atom. The van der Waals surface area contributed by atoms with Gasteiger partial charge in [-0.1, -0.05) is 0 Å². The standard InChI is InChI=1S/C23H27AsN4O2/c1-4-30-22-21(25-19-7-5-6-8-20(19)26-22)24-23(29)28-11-9-27(10-12-28)18-14-16(2)13-17(3)15-18/h5-8,13-15,24H,4,9-12H2,1-3H3. The first-order valence-corrected chi connectivity index (χ1v) is 12.4. The number of fused-ring (bicyclic) bond motifs is 1.